The molecule has 2 aromatic heterocycles. The Hall–Kier alpha value is -2.32. The SMILES string of the molecule is Cc1cc(C(F)(F)F)c(C)[n+]([O-])c1-n1nc2n(c1=O)CCCC2. The van der Waals surface area contributed by atoms with E-state index in [4.69, 9.17) is 0 Å². The van der Waals surface area contributed by atoms with Crippen LogP contribution in [0, 0.1) is 19.1 Å². The van der Waals surface area contributed by atoms with E-state index < -0.39 is 23.1 Å². The van der Waals surface area contributed by atoms with Crippen molar-refractivity contribution in [2.24, 2.45) is 0 Å². The van der Waals surface area contributed by atoms with Crippen LogP contribution in [0.15, 0.2) is 10.9 Å². The Labute approximate surface area is 129 Å². The summed E-state index contributed by atoms with van der Waals surface area (Å²) in [5, 5.41) is 16.5. The lowest BCUT2D eigenvalue weighted by Gasteiger charge is -2.17. The smallest absolute Gasteiger partial charge is 0.442 e. The van der Waals surface area contributed by atoms with Crippen LogP contribution in [0.5, 0.6) is 0 Å². The monoisotopic (exact) mass is 328 g/mol. The quantitative estimate of drug-likeness (QED) is 0.590. The summed E-state index contributed by atoms with van der Waals surface area (Å²) in [6.45, 7) is 2.95. The maximum Gasteiger partial charge on any atom is 0.442 e. The van der Waals surface area contributed by atoms with Gasteiger partial charge in [0.05, 0.1) is 5.56 Å². The molecule has 0 saturated heterocycles. The van der Waals surface area contributed by atoms with Crippen molar-refractivity contribution >= 4 is 0 Å². The predicted octanol–water partition coefficient (Wildman–Crippen LogP) is 1.64. The molecular weight excluding hydrogens is 313 g/mol. The van der Waals surface area contributed by atoms with Crippen LogP contribution in [0.2, 0.25) is 0 Å². The summed E-state index contributed by atoms with van der Waals surface area (Å²) >= 11 is 0. The summed E-state index contributed by atoms with van der Waals surface area (Å²) in [5.74, 6) is 0.376. The van der Waals surface area contributed by atoms with Gasteiger partial charge in [-0.1, -0.05) is 5.10 Å². The van der Waals surface area contributed by atoms with Gasteiger partial charge in [0, 0.05) is 18.5 Å². The van der Waals surface area contributed by atoms with E-state index in [0.29, 0.717) is 18.8 Å². The van der Waals surface area contributed by atoms with Crippen LogP contribution in [0.25, 0.3) is 5.82 Å². The van der Waals surface area contributed by atoms with Gasteiger partial charge < -0.3 is 5.21 Å². The number of hydrogen-bond donors (Lipinski definition) is 0. The largest absolute Gasteiger partial charge is 0.710 e. The number of fused-ring (bicyclic) bond motifs is 1. The molecule has 1 aliphatic rings. The highest BCUT2D eigenvalue weighted by Crippen LogP contribution is 2.31. The molecular formula is C14H15F3N4O2. The van der Waals surface area contributed by atoms with Crippen LogP contribution >= 0.6 is 0 Å². The first-order chi connectivity index (χ1) is 10.7. The summed E-state index contributed by atoms with van der Waals surface area (Å²) in [4.78, 5) is 12.4. The van der Waals surface area contributed by atoms with E-state index in [1.807, 2.05) is 0 Å². The van der Waals surface area contributed by atoms with Crippen LogP contribution in [0.3, 0.4) is 0 Å². The van der Waals surface area contributed by atoms with Gasteiger partial charge in [0.15, 0.2) is 5.82 Å². The number of alkyl halides is 3. The zero-order valence-corrected chi connectivity index (χ0v) is 12.6. The van der Waals surface area contributed by atoms with Crippen molar-refractivity contribution in [2.45, 2.75) is 45.8 Å². The van der Waals surface area contributed by atoms with E-state index in [1.54, 1.807) is 0 Å². The number of pyridine rings is 1. The van der Waals surface area contributed by atoms with Crippen molar-refractivity contribution in [1.29, 1.82) is 0 Å². The maximum absolute atomic E-state index is 13.0. The number of aryl methyl sites for hydroxylation is 2. The van der Waals surface area contributed by atoms with Crippen LogP contribution in [-0.2, 0) is 19.1 Å². The Kier molecular flexibility index (Phi) is 3.46. The summed E-state index contributed by atoms with van der Waals surface area (Å²) in [6.07, 6.45) is -2.29. The third-order valence-electron chi connectivity index (χ3n) is 4.08. The molecule has 0 amide bonds. The van der Waals surface area contributed by atoms with Gasteiger partial charge in [-0.2, -0.15) is 13.2 Å². The fourth-order valence-corrected chi connectivity index (χ4v) is 2.89. The first-order valence-electron chi connectivity index (χ1n) is 7.22. The van der Waals surface area contributed by atoms with Crippen molar-refractivity contribution in [3.63, 3.8) is 0 Å². The third kappa shape index (κ3) is 2.40. The molecule has 0 aromatic carbocycles. The molecule has 23 heavy (non-hydrogen) atoms. The van der Waals surface area contributed by atoms with E-state index in [1.165, 1.54) is 11.5 Å². The number of aromatic nitrogens is 4. The van der Waals surface area contributed by atoms with Gasteiger partial charge in [-0.15, -0.1) is 0 Å². The second-order valence-corrected chi connectivity index (χ2v) is 5.66. The molecule has 0 spiro atoms. The molecule has 6 nitrogen and oxygen atoms in total. The van der Waals surface area contributed by atoms with Crippen molar-refractivity contribution < 1.29 is 17.9 Å². The minimum Gasteiger partial charge on any atom is -0.710 e. The molecule has 0 bridgehead atoms. The number of hydrogen-bond acceptors (Lipinski definition) is 3. The molecule has 3 rings (SSSR count). The molecule has 0 saturated carbocycles. The van der Waals surface area contributed by atoms with Gasteiger partial charge in [-0.3, -0.25) is 4.57 Å². The lowest BCUT2D eigenvalue weighted by Crippen LogP contribution is -2.42. The maximum atomic E-state index is 13.0. The summed E-state index contributed by atoms with van der Waals surface area (Å²) in [7, 11) is 0. The Morgan fingerprint density at radius 1 is 1.30 bits per heavy atom. The van der Waals surface area contributed by atoms with Gasteiger partial charge >= 0.3 is 17.7 Å². The van der Waals surface area contributed by atoms with E-state index in [9.17, 15) is 23.2 Å². The van der Waals surface area contributed by atoms with Gasteiger partial charge in [0.1, 0.15) is 5.69 Å². The van der Waals surface area contributed by atoms with Crippen LogP contribution in [0.4, 0.5) is 13.2 Å². The van der Waals surface area contributed by atoms with Crippen LogP contribution in [-0.4, -0.2) is 14.3 Å². The second-order valence-electron chi connectivity index (χ2n) is 5.66. The van der Waals surface area contributed by atoms with Crippen molar-refractivity contribution in [1.82, 2.24) is 14.3 Å². The fourth-order valence-electron chi connectivity index (χ4n) is 2.89. The molecule has 0 N–H and O–H groups in total. The first-order valence-corrected chi connectivity index (χ1v) is 7.22. The molecule has 0 aliphatic carbocycles. The third-order valence-corrected chi connectivity index (χ3v) is 4.08. The molecule has 0 unspecified atom stereocenters. The molecule has 0 fully saturated rings. The fraction of sp³-hybridized carbons (Fsp3) is 0.500. The minimum absolute atomic E-state index is 0.0514. The lowest BCUT2D eigenvalue weighted by molar-refractivity contribution is -0.608. The van der Waals surface area contributed by atoms with E-state index in [0.717, 1.165) is 30.5 Å². The summed E-state index contributed by atoms with van der Waals surface area (Å²) in [6, 6.07) is 0.879. The summed E-state index contributed by atoms with van der Waals surface area (Å²) in [5.41, 5.74) is -1.95. The molecule has 0 radical (unpaired) electrons. The van der Waals surface area contributed by atoms with Crippen LogP contribution < -0.4 is 10.4 Å². The Bertz CT molecular complexity index is 836. The number of rotatable bonds is 1. The van der Waals surface area contributed by atoms with Gasteiger partial charge in [0.2, 0.25) is 0 Å². The van der Waals surface area contributed by atoms with E-state index >= 15 is 0 Å². The van der Waals surface area contributed by atoms with Gasteiger partial charge in [0.25, 0.3) is 0 Å². The minimum atomic E-state index is -4.63. The Morgan fingerprint density at radius 3 is 2.61 bits per heavy atom. The first kappa shape index (κ1) is 15.6. The van der Waals surface area contributed by atoms with E-state index in [-0.39, 0.29) is 16.1 Å². The average molecular weight is 328 g/mol. The topological polar surface area (TPSA) is 66.8 Å². The molecule has 9 heteroatoms. The average Bonchev–Trinajstić information content (AvgIpc) is 2.80. The zero-order valence-electron chi connectivity index (χ0n) is 12.6. The Morgan fingerprint density at radius 2 is 2.00 bits per heavy atom. The molecule has 2 aromatic rings. The molecule has 124 valence electrons. The highest BCUT2D eigenvalue weighted by molar-refractivity contribution is 5.34. The standard InChI is InChI=1S/C14H15F3N4O2/c1-8-7-10(14(15,16)17)9(2)21(23)12(8)20-13(22)19-6-4-3-5-11(19)18-20/h7H,3-6H2,1-2H3. The Balaban J connectivity index is 2.24. The van der Waals surface area contributed by atoms with Gasteiger partial charge in [-0.25, -0.2) is 9.52 Å². The normalized spacial score (nSPS) is 14.8. The molecule has 1 aliphatic heterocycles. The summed E-state index contributed by atoms with van der Waals surface area (Å²) < 4.78 is 41.4. The number of halogens is 3. The highest BCUT2D eigenvalue weighted by atomic mass is 19.4. The van der Waals surface area contributed by atoms with E-state index in [2.05, 4.69) is 5.10 Å². The van der Waals surface area contributed by atoms with Crippen molar-refractivity contribution in [3.05, 3.63) is 44.4 Å². The molecule has 0 atom stereocenters. The van der Waals surface area contributed by atoms with Gasteiger partial charge in [-0.05, 0) is 37.4 Å². The van der Waals surface area contributed by atoms with Crippen LogP contribution in [0.1, 0.15) is 35.5 Å². The zero-order chi connectivity index (χ0) is 16.9. The lowest BCUT2D eigenvalue weighted by atomic mass is 10.1. The highest BCUT2D eigenvalue weighted by Gasteiger charge is 2.37. The van der Waals surface area contributed by atoms with Crippen molar-refractivity contribution in [2.75, 3.05) is 0 Å². The molecule has 3 heterocycles. The number of nitrogens with zero attached hydrogens (tertiary/aromatic N) is 4. The second kappa shape index (κ2) is 5.10. The van der Waals surface area contributed by atoms with Crippen molar-refractivity contribution in [3.8, 4) is 5.82 Å². The predicted molar refractivity (Wildman–Crippen MR) is 74.2 cm³/mol.